The molecule has 0 spiro atoms. The van der Waals surface area contributed by atoms with Crippen LogP contribution in [0.3, 0.4) is 0 Å². The van der Waals surface area contributed by atoms with E-state index in [2.05, 4.69) is 0 Å². The van der Waals surface area contributed by atoms with Gasteiger partial charge in [0.25, 0.3) is 11.8 Å². The number of carbonyl (C=O) groups excluding carboxylic acids is 3. The Morgan fingerprint density at radius 2 is 1.59 bits per heavy atom. The van der Waals surface area contributed by atoms with Crippen LogP contribution in [0.4, 0.5) is 0 Å². The summed E-state index contributed by atoms with van der Waals surface area (Å²) in [5.74, 6) is -1.01. The molecule has 2 aliphatic heterocycles. The van der Waals surface area contributed by atoms with Crippen molar-refractivity contribution in [2.45, 2.75) is 31.7 Å². The summed E-state index contributed by atoms with van der Waals surface area (Å²) in [6.45, 7) is 1.85. The Morgan fingerprint density at radius 3 is 2.27 bits per heavy atom. The van der Waals surface area contributed by atoms with E-state index < -0.39 is 17.7 Å². The Hall–Kier alpha value is -2.17. The molecule has 0 saturated carbocycles. The molecule has 1 atom stereocenters. The van der Waals surface area contributed by atoms with Crippen molar-refractivity contribution in [2.24, 2.45) is 0 Å². The molecule has 2 heterocycles. The van der Waals surface area contributed by atoms with Crippen LogP contribution in [-0.2, 0) is 9.59 Å². The number of likely N-dealkylation sites (tertiary alicyclic amines) is 2. The van der Waals surface area contributed by atoms with Crippen molar-refractivity contribution in [3.8, 4) is 0 Å². The van der Waals surface area contributed by atoms with Gasteiger partial charge in [-0.05, 0) is 37.8 Å². The van der Waals surface area contributed by atoms with Crippen molar-refractivity contribution >= 4 is 17.6 Å². The highest BCUT2D eigenvalue weighted by molar-refractivity contribution is 6.38. The van der Waals surface area contributed by atoms with Crippen LogP contribution in [0, 0.1) is 0 Å². The van der Waals surface area contributed by atoms with Crippen LogP contribution in [0.2, 0.25) is 0 Å². The standard InChI is InChI=1S/C17H20N2O3/c20-15(17(22)18-10-4-5-11-18)14-9-6-12-19(14)16(21)13-7-2-1-3-8-13/h1-3,7-8,14H,4-6,9-12H2/t14-/m0/s1. The van der Waals surface area contributed by atoms with Gasteiger partial charge in [-0.15, -0.1) is 0 Å². The molecule has 116 valence electrons. The molecule has 2 aliphatic rings. The van der Waals surface area contributed by atoms with E-state index in [1.165, 1.54) is 0 Å². The minimum Gasteiger partial charge on any atom is -0.336 e. The van der Waals surface area contributed by atoms with Crippen molar-refractivity contribution in [3.05, 3.63) is 35.9 Å². The van der Waals surface area contributed by atoms with Gasteiger partial charge in [0.1, 0.15) is 6.04 Å². The molecule has 3 rings (SSSR count). The summed E-state index contributed by atoms with van der Waals surface area (Å²) in [6, 6.07) is 8.33. The van der Waals surface area contributed by atoms with Crippen molar-refractivity contribution in [3.63, 3.8) is 0 Å². The molecule has 2 fully saturated rings. The maximum absolute atomic E-state index is 12.6. The van der Waals surface area contributed by atoms with Crippen molar-refractivity contribution in [2.75, 3.05) is 19.6 Å². The van der Waals surface area contributed by atoms with Gasteiger partial charge in [-0.25, -0.2) is 0 Å². The quantitative estimate of drug-likeness (QED) is 0.795. The summed E-state index contributed by atoms with van der Waals surface area (Å²) in [5, 5.41) is 0. The zero-order chi connectivity index (χ0) is 15.5. The Labute approximate surface area is 129 Å². The molecular formula is C17H20N2O3. The molecule has 5 nitrogen and oxygen atoms in total. The topological polar surface area (TPSA) is 57.7 Å². The molecule has 22 heavy (non-hydrogen) atoms. The number of carbonyl (C=O) groups is 3. The van der Waals surface area contributed by atoms with E-state index in [0.717, 1.165) is 19.3 Å². The first kappa shape index (κ1) is 14.8. The van der Waals surface area contributed by atoms with Crippen LogP contribution in [0.15, 0.2) is 30.3 Å². The highest BCUT2D eigenvalue weighted by atomic mass is 16.2. The lowest BCUT2D eigenvalue weighted by atomic mass is 10.1. The fourth-order valence-corrected chi connectivity index (χ4v) is 3.25. The lowest BCUT2D eigenvalue weighted by Gasteiger charge is -2.25. The van der Waals surface area contributed by atoms with Crippen LogP contribution >= 0.6 is 0 Å². The van der Waals surface area contributed by atoms with Gasteiger partial charge in [-0.2, -0.15) is 0 Å². The summed E-state index contributed by atoms with van der Waals surface area (Å²) in [6.07, 6.45) is 3.26. The molecule has 0 aromatic heterocycles. The molecule has 0 N–H and O–H groups in total. The predicted octanol–water partition coefficient (Wildman–Crippen LogP) is 1.48. The molecule has 0 radical (unpaired) electrons. The SMILES string of the molecule is O=C(C(=O)N1CCCC1)[C@@H]1CCCN1C(=O)c1ccccc1. The molecule has 0 unspecified atom stereocenters. The van der Waals surface area contributed by atoms with E-state index in [-0.39, 0.29) is 5.91 Å². The smallest absolute Gasteiger partial charge is 0.292 e. The van der Waals surface area contributed by atoms with Crippen LogP contribution < -0.4 is 0 Å². The molecule has 1 aromatic rings. The lowest BCUT2D eigenvalue weighted by Crippen LogP contribution is -2.47. The number of hydrogen-bond donors (Lipinski definition) is 0. The zero-order valence-electron chi connectivity index (χ0n) is 12.5. The van der Waals surface area contributed by atoms with E-state index in [1.807, 2.05) is 6.07 Å². The van der Waals surface area contributed by atoms with E-state index in [1.54, 1.807) is 34.1 Å². The van der Waals surface area contributed by atoms with Crippen LogP contribution in [-0.4, -0.2) is 53.1 Å². The summed E-state index contributed by atoms with van der Waals surface area (Å²) < 4.78 is 0. The monoisotopic (exact) mass is 300 g/mol. The van der Waals surface area contributed by atoms with Gasteiger partial charge in [0, 0.05) is 25.2 Å². The lowest BCUT2D eigenvalue weighted by molar-refractivity contribution is -0.145. The van der Waals surface area contributed by atoms with E-state index >= 15 is 0 Å². The number of rotatable bonds is 3. The molecular weight excluding hydrogens is 280 g/mol. The van der Waals surface area contributed by atoms with Crippen LogP contribution in [0.5, 0.6) is 0 Å². The molecule has 2 saturated heterocycles. The summed E-state index contributed by atoms with van der Waals surface area (Å²) >= 11 is 0. The van der Waals surface area contributed by atoms with Gasteiger partial charge in [0.2, 0.25) is 5.78 Å². The number of nitrogens with zero attached hydrogens (tertiary/aromatic N) is 2. The maximum Gasteiger partial charge on any atom is 0.292 e. The van der Waals surface area contributed by atoms with Crippen molar-refractivity contribution < 1.29 is 14.4 Å². The zero-order valence-corrected chi connectivity index (χ0v) is 12.5. The first-order valence-corrected chi connectivity index (χ1v) is 7.87. The second-order valence-electron chi connectivity index (χ2n) is 5.89. The normalized spacial score (nSPS) is 21.2. The first-order valence-electron chi connectivity index (χ1n) is 7.87. The third kappa shape index (κ3) is 2.75. The highest BCUT2D eigenvalue weighted by Gasteiger charge is 2.39. The number of ketones is 1. The van der Waals surface area contributed by atoms with Gasteiger partial charge >= 0.3 is 0 Å². The van der Waals surface area contributed by atoms with Gasteiger partial charge in [0.05, 0.1) is 0 Å². The number of Topliss-reactive ketones (excluding diaryl/α,β-unsaturated/α-hetero) is 1. The van der Waals surface area contributed by atoms with Crippen LogP contribution in [0.1, 0.15) is 36.0 Å². The summed E-state index contributed by atoms with van der Waals surface area (Å²) in [5.41, 5.74) is 0.566. The summed E-state index contributed by atoms with van der Waals surface area (Å²) in [4.78, 5) is 40.5. The van der Waals surface area contributed by atoms with Gasteiger partial charge < -0.3 is 9.80 Å². The predicted molar refractivity (Wildman–Crippen MR) is 81.3 cm³/mol. The molecule has 0 aliphatic carbocycles. The Balaban J connectivity index is 1.74. The molecule has 0 bridgehead atoms. The van der Waals surface area contributed by atoms with Gasteiger partial charge in [0.15, 0.2) is 0 Å². The minimum atomic E-state index is -0.596. The fourth-order valence-electron chi connectivity index (χ4n) is 3.25. The molecule has 5 heteroatoms. The first-order chi connectivity index (χ1) is 10.7. The Morgan fingerprint density at radius 1 is 0.909 bits per heavy atom. The maximum atomic E-state index is 12.6. The average molecular weight is 300 g/mol. The van der Waals surface area contributed by atoms with Crippen LogP contribution in [0.25, 0.3) is 0 Å². The third-order valence-corrected chi connectivity index (χ3v) is 4.44. The Kier molecular flexibility index (Phi) is 4.22. The largest absolute Gasteiger partial charge is 0.336 e. The van der Waals surface area contributed by atoms with E-state index in [4.69, 9.17) is 0 Å². The van der Waals surface area contributed by atoms with Gasteiger partial charge in [-0.1, -0.05) is 18.2 Å². The summed E-state index contributed by atoms with van der Waals surface area (Å²) in [7, 11) is 0. The number of amides is 2. The van der Waals surface area contributed by atoms with Gasteiger partial charge in [-0.3, -0.25) is 14.4 Å². The van der Waals surface area contributed by atoms with E-state index in [0.29, 0.717) is 31.6 Å². The van der Waals surface area contributed by atoms with E-state index in [9.17, 15) is 14.4 Å². The second-order valence-corrected chi connectivity index (χ2v) is 5.89. The number of benzene rings is 1. The third-order valence-electron chi connectivity index (χ3n) is 4.44. The number of hydrogen-bond acceptors (Lipinski definition) is 3. The fraction of sp³-hybridized carbons (Fsp3) is 0.471. The molecule has 1 aromatic carbocycles. The molecule has 2 amide bonds. The second kappa shape index (κ2) is 6.30. The minimum absolute atomic E-state index is 0.161. The average Bonchev–Trinajstić information content (AvgIpc) is 3.24. The Bertz CT molecular complexity index is 579. The highest BCUT2D eigenvalue weighted by Crippen LogP contribution is 2.22. The van der Waals surface area contributed by atoms with Crippen molar-refractivity contribution in [1.29, 1.82) is 0 Å². The van der Waals surface area contributed by atoms with Crippen molar-refractivity contribution in [1.82, 2.24) is 9.80 Å².